The average Bonchev–Trinajstić information content (AvgIpc) is 2.16. The summed E-state index contributed by atoms with van der Waals surface area (Å²) in [7, 11) is 3.15. The molecule has 0 bridgehead atoms. The monoisotopic (exact) mass is 164 g/mol. The second kappa shape index (κ2) is 3.63. The summed E-state index contributed by atoms with van der Waals surface area (Å²) in [6.45, 7) is 5.09. The number of rotatable bonds is 2. The molecule has 0 unspecified atom stereocenters. The van der Waals surface area contributed by atoms with Crippen molar-refractivity contribution in [1.29, 1.82) is 0 Å². The Balaban J connectivity index is 3.13. The van der Waals surface area contributed by atoms with Crippen molar-refractivity contribution in [3.8, 4) is 18.1 Å². The summed E-state index contributed by atoms with van der Waals surface area (Å²) >= 11 is 0. The second-order valence-electron chi connectivity index (χ2n) is 2.17. The summed E-state index contributed by atoms with van der Waals surface area (Å²) in [6.07, 6.45) is 0. The van der Waals surface area contributed by atoms with Crippen molar-refractivity contribution in [1.82, 2.24) is 0 Å². The Labute approximate surface area is 71.4 Å². The third-order valence-corrected chi connectivity index (χ3v) is 1.52. The highest BCUT2D eigenvalue weighted by atomic mass is 16.5. The molecule has 3 heteroatoms. The third-order valence-electron chi connectivity index (χ3n) is 1.52. The molecule has 0 heterocycles. The van der Waals surface area contributed by atoms with E-state index in [1.807, 2.05) is 0 Å². The second-order valence-corrected chi connectivity index (χ2v) is 2.17. The first-order valence-corrected chi connectivity index (χ1v) is 3.44. The van der Waals surface area contributed by atoms with Crippen molar-refractivity contribution < 1.29 is 9.47 Å². The summed E-state index contributed by atoms with van der Waals surface area (Å²) in [6, 6.07) is 5.21. The van der Waals surface area contributed by atoms with Crippen molar-refractivity contribution >= 4 is 5.69 Å². The fourth-order valence-corrected chi connectivity index (χ4v) is 0.905. The fourth-order valence-electron chi connectivity index (χ4n) is 0.905. The van der Waals surface area contributed by atoms with Gasteiger partial charge in [0.2, 0.25) is 0 Å². The van der Waals surface area contributed by atoms with Gasteiger partial charge in [0.25, 0.3) is 6.57 Å². The van der Waals surface area contributed by atoms with E-state index in [2.05, 4.69) is 4.85 Å². The van der Waals surface area contributed by atoms with Crippen LogP contribution >= 0.6 is 0 Å². The lowest BCUT2D eigenvalue weighted by molar-refractivity contribution is 0.355. The Kier molecular flexibility index (Phi) is 2.54. The molecule has 0 amide bonds. The van der Waals surface area contributed by atoms with Gasteiger partial charge in [0, 0.05) is 6.07 Å². The van der Waals surface area contributed by atoms with E-state index in [-0.39, 0.29) is 0 Å². The quantitative estimate of drug-likeness (QED) is 0.669. The van der Waals surface area contributed by atoms with Crippen molar-refractivity contribution in [2.45, 2.75) is 0 Å². The highest BCUT2D eigenvalue weighted by molar-refractivity contribution is 5.55. The zero-order valence-corrected chi connectivity index (χ0v) is 7.07. The highest BCUT2D eigenvalue weighted by Crippen LogP contribution is 2.30. The molecular formula is C9H10NO2+. The molecule has 0 atom stereocenters. The van der Waals surface area contributed by atoms with Crippen LogP contribution in [0.3, 0.4) is 0 Å². The number of nitrogens with zero attached hydrogens (tertiary/aromatic N) is 1. The molecule has 0 N–H and O–H groups in total. The molecule has 3 nitrogen and oxygen atoms in total. The van der Waals surface area contributed by atoms with Gasteiger partial charge >= 0.3 is 5.69 Å². The van der Waals surface area contributed by atoms with Crippen molar-refractivity contribution in [3.63, 3.8) is 0 Å². The van der Waals surface area contributed by atoms with Crippen LogP contribution in [0.5, 0.6) is 11.5 Å². The van der Waals surface area contributed by atoms with Gasteiger partial charge in [0.15, 0.2) is 11.5 Å². The summed E-state index contributed by atoms with van der Waals surface area (Å²) in [4.78, 5) is 3.52. The largest absolute Gasteiger partial charge is 0.493 e. The molecule has 12 heavy (non-hydrogen) atoms. The number of hydrogen-bond donors (Lipinski definition) is 0. The van der Waals surface area contributed by atoms with Crippen LogP contribution in [0, 0.1) is 6.57 Å². The van der Waals surface area contributed by atoms with E-state index in [1.54, 1.807) is 32.4 Å². The topological polar surface area (TPSA) is 22.8 Å². The van der Waals surface area contributed by atoms with Gasteiger partial charge in [-0.3, -0.25) is 0 Å². The van der Waals surface area contributed by atoms with Crippen LogP contribution in [0.4, 0.5) is 5.69 Å². The highest BCUT2D eigenvalue weighted by Gasteiger charge is 2.08. The first-order chi connectivity index (χ1) is 5.81. The van der Waals surface area contributed by atoms with E-state index < -0.39 is 0 Å². The van der Waals surface area contributed by atoms with Gasteiger partial charge < -0.3 is 9.47 Å². The molecule has 0 spiro atoms. The van der Waals surface area contributed by atoms with Crippen LogP contribution in [-0.4, -0.2) is 14.2 Å². The number of ether oxygens (including phenoxy) is 2. The maximum atomic E-state index is 5.09. The van der Waals surface area contributed by atoms with Crippen LogP contribution < -0.4 is 9.47 Å². The Bertz CT molecular complexity index is 315. The standard InChI is InChI=1S/C9H10NO2/c1-10-7-4-5-8(11-2)9(6-7)12-3/h1,4-6H,2-3H3/q+1. The van der Waals surface area contributed by atoms with Gasteiger partial charge in [0.05, 0.1) is 20.3 Å². The summed E-state index contributed by atoms with van der Waals surface area (Å²) in [5.74, 6) is 1.30. The maximum Gasteiger partial charge on any atom is 0.343 e. The molecule has 1 aromatic rings. The minimum atomic E-state index is 0.629. The van der Waals surface area contributed by atoms with Gasteiger partial charge in [-0.05, 0) is 10.9 Å². The van der Waals surface area contributed by atoms with E-state index in [0.29, 0.717) is 17.2 Å². The smallest absolute Gasteiger partial charge is 0.343 e. The summed E-state index contributed by atoms with van der Waals surface area (Å²) in [5.41, 5.74) is 0.660. The Hall–Kier alpha value is -1.69. The molecule has 0 radical (unpaired) electrons. The van der Waals surface area contributed by atoms with Crippen LogP contribution in [0.25, 0.3) is 4.85 Å². The van der Waals surface area contributed by atoms with Crippen molar-refractivity contribution in [3.05, 3.63) is 23.0 Å². The molecule has 62 valence electrons. The minimum Gasteiger partial charge on any atom is -0.493 e. The third kappa shape index (κ3) is 1.48. The van der Waals surface area contributed by atoms with Crippen LogP contribution in [0.1, 0.15) is 0 Å². The van der Waals surface area contributed by atoms with Gasteiger partial charge in [0.1, 0.15) is 0 Å². The van der Waals surface area contributed by atoms with Crippen LogP contribution in [0.15, 0.2) is 18.2 Å². The van der Waals surface area contributed by atoms with Gasteiger partial charge in [-0.2, -0.15) is 0 Å². The molecule has 0 fully saturated rings. The zero-order valence-electron chi connectivity index (χ0n) is 7.07. The normalized spacial score (nSPS) is 8.75. The molecule has 1 rings (SSSR count). The number of benzene rings is 1. The minimum absolute atomic E-state index is 0.629. The molecule has 0 saturated carbocycles. The lowest BCUT2D eigenvalue weighted by Gasteiger charge is -2.04. The first-order valence-electron chi connectivity index (χ1n) is 3.44. The Morgan fingerprint density at radius 3 is 2.33 bits per heavy atom. The lowest BCUT2D eigenvalue weighted by Crippen LogP contribution is -1.88. The maximum absolute atomic E-state index is 5.09. The average molecular weight is 164 g/mol. The lowest BCUT2D eigenvalue weighted by atomic mass is 10.3. The van der Waals surface area contributed by atoms with E-state index in [9.17, 15) is 0 Å². The van der Waals surface area contributed by atoms with Crippen molar-refractivity contribution in [2.75, 3.05) is 14.2 Å². The Morgan fingerprint density at radius 1 is 1.17 bits per heavy atom. The molecule has 0 saturated heterocycles. The molecule has 0 aliphatic rings. The molecule has 0 aromatic heterocycles. The van der Waals surface area contributed by atoms with Gasteiger partial charge in [-0.25, -0.2) is 0 Å². The predicted molar refractivity (Wildman–Crippen MR) is 47.5 cm³/mol. The molecular weight excluding hydrogens is 154 g/mol. The SMILES string of the molecule is C#[N+]c1ccc(OC)c(OC)c1. The first kappa shape index (κ1) is 8.41. The molecule has 1 aromatic carbocycles. The van der Waals surface area contributed by atoms with Gasteiger partial charge in [-0.15, -0.1) is 0 Å². The zero-order chi connectivity index (χ0) is 8.97. The van der Waals surface area contributed by atoms with E-state index in [0.717, 1.165) is 0 Å². The van der Waals surface area contributed by atoms with Gasteiger partial charge in [-0.1, -0.05) is 0 Å². The number of methoxy groups -OCH3 is 2. The summed E-state index contributed by atoms with van der Waals surface area (Å²) < 4.78 is 10.1. The molecule has 0 aliphatic heterocycles. The van der Waals surface area contributed by atoms with E-state index >= 15 is 0 Å². The molecule has 0 aliphatic carbocycles. The fraction of sp³-hybridized carbons (Fsp3) is 0.222. The Morgan fingerprint density at radius 2 is 1.83 bits per heavy atom. The number of hydrogen-bond acceptors (Lipinski definition) is 2. The van der Waals surface area contributed by atoms with E-state index in [4.69, 9.17) is 16.0 Å². The summed E-state index contributed by atoms with van der Waals surface area (Å²) in [5, 5.41) is 0. The predicted octanol–water partition coefficient (Wildman–Crippen LogP) is 2.30. The van der Waals surface area contributed by atoms with Crippen molar-refractivity contribution in [2.24, 2.45) is 0 Å². The van der Waals surface area contributed by atoms with E-state index in [1.165, 1.54) is 0 Å². The van der Waals surface area contributed by atoms with Crippen LogP contribution in [-0.2, 0) is 0 Å². The van der Waals surface area contributed by atoms with Crippen LogP contribution in [0.2, 0.25) is 0 Å².